The zero-order chi connectivity index (χ0) is 43.1. The van der Waals surface area contributed by atoms with Crippen LogP contribution in [0.2, 0.25) is 0 Å². The van der Waals surface area contributed by atoms with E-state index in [9.17, 15) is 29.7 Å². The van der Waals surface area contributed by atoms with E-state index in [4.69, 9.17) is 46.9 Å². The van der Waals surface area contributed by atoms with E-state index in [0.717, 1.165) is 6.42 Å². The molecule has 14 heteroatoms. The van der Waals surface area contributed by atoms with E-state index in [0.29, 0.717) is 57.8 Å². The lowest BCUT2D eigenvalue weighted by Gasteiger charge is -2.55. The summed E-state index contributed by atoms with van der Waals surface area (Å²) in [5.74, 6) is -6.82. The van der Waals surface area contributed by atoms with Gasteiger partial charge in [0.15, 0.2) is 16.4 Å². The van der Waals surface area contributed by atoms with Gasteiger partial charge in [0.25, 0.3) is 5.91 Å². The summed E-state index contributed by atoms with van der Waals surface area (Å²) < 4.78 is 34.1. The van der Waals surface area contributed by atoms with E-state index >= 15 is 0 Å². The first kappa shape index (κ1) is 47.7. The Morgan fingerprint density at radius 3 is 2.16 bits per heavy atom. The Bertz CT molecular complexity index is 1500. The first-order valence-electron chi connectivity index (χ1n) is 21.9. The van der Waals surface area contributed by atoms with Gasteiger partial charge in [-0.3, -0.25) is 14.4 Å². The Morgan fingerprint density at radius 2 is 1.57 bits per heavy atom. The Hall–Kier alpha value is -1.35. The molecular formula is C44H71Cl2NO11. The average Bonchev–Trinajstić information content (AvgIpc) is 3.52. The van der Waals surface area contributed by atoms with Gasteiger partial charge in [-0.25, -0.2) is 0 Å². The number of ketones is 1. The van der Waals surface area contributed by atoms with Crippen molar-refractivity contribution in [3.63, 3.8) is 0 Å². The molecule has 5 heterocycles. The maximum absolute atomic E-state index is 14.6. The van der Waals surface area contributed by atoms with Crippen LogP contribution in [-0.4, -0.2) is 103 Å². The number of ether oxygens (including phenoxy) is 5. The van der Waals surface area contributed by atoms with Crippen LogP contribution in [-0.2, 0) is 38.1 Å². The number of aliphatic hydroxyl groups excluding tert-OH is 1. The molecule has 0 saturated carbocycles. The molecule has 18 atom stereocenters. The van der Waals surface area contributed by atoms with Gasteiger partial charge in [0, 0.05) is 30.1 Å². The normalized spacial score (nSPS) is 43.2. The number of carboxylic acids is 1. The van der Waals surface area contributed by atoms with Gasteiger partial charge in [-0.05, 0) is 89.5 Å². The maximum Gasteiger partial charge on any atom is 0.309 e. The van der Waals surface area contributed by atoms with E-state index < -0.39 is 99.7 Å². The number of hydrogen-bond donors (Lipinski definition) is 4. The smallest absolute Gasteiger partial charge is 0.309 e. The van der Waals surface area contributed by atoms with Gasteiger partial charge in [0.1, 0.15) is 11.8 Å². The summed E-state index contributed by atoms with van der Waals surface area (Å²) in [5.41, 5.74) is -1.76. The molecule has 4 fully saturated rings. The third-order valence-corrected chi connectivity index (χ3v) is 15.4. The van der Waals surface area contributed by atoms with Crippen LogP contribution in [0.3, 0.4) is 0 Å². The molecule has 2 spiro atoms. The second-order valence-electron chi connectivity index (χ2n) is 18.8. The van der Waals surface area contributed by atoms with Crippen molar-refractivity contribution >= 4 is 40.9 Å². The summed E-state index contributed by atoms with van der Waals surface area (Å²) in [6.45, 7) is 19.5. The number of alkyl halides is 2. The molecule has 5 rings (SSSR count). The molecule has 0 aromatic heterocycles. The fourth-order valence-electron chi connectivity index (χ4n) is 10.9. The van der Waals surface area contributed by atoms with Crippen molar-refractivity contribution in [1.29, 1.82) is 0 Å². The molecule has 0 radical (unpaired) electrons. The standard InChI is InChI=1S/C44H71Cl2NO11/c1-11-29(40(51)52)31-15-14-23(4)36(55-31)27(8)34(48)26(7)35(49)30(12-2)37-24(5)22-25(6)43(56-37)19-16-32(47-39(50)38(45)46)44(58-43)21-20-41(10,57-44)33-17-18-42(53,13-3)28(9)54-33/h16,19,23-34,36-38,48,53H,11-15,17-18,20-22H2,1-10H3,(H,47,50)(H,51,52)/t23-,24-,25+,26-,27-,28-,29+,30-,31+,32+,33+,34+,36+,37-,41-,42+,43-,44-/m0/s1. The number of carbonyl (C=O) groups excluding carboxylic acids is 2. The number of carbonyl (C=O) groups is 3. The van der Waals surface area contributed by atoms with Crippen LogP contribution in [0.1, 0.15) is 133 Å². The van der Waals surface area contributed by atoms with Crippen LogP contribution in [0.5, 0.6) is 0 Å². The number of carboxylic acid groups (broad SMARTS) is 1. The molecule has 5 aliphatic heterocycles. The minimum atomic E-state index is -1.40. The Labute approximate surface area is 355 Å². The van der Waals surface area contributed by atoms with Gasteiger partial charge in [-0.1, -0.05) is 84.7 Å². The van der Waals surface area contributed by atoms with Gasteiger partial charge in [-0.15, -0.1) is 0 Å². The van der Waals surface area contributed by atoms with Crippen molar-refractivity contribution in [2.24, 2.45) is 41.4 Å². The fourth-order valence-corrected chi connectivity index (χ4v) is 11.0. The van der Waals surface area contributed by atoms with Crippen molar-refractivity contribution in [2.45, 2.75) is 204 Å². The molecule has 5 aliphatic rings. The third kappa shape index (κ3) is 9.22. The number of rotatable bonds is 14. The van der Waals surface area contributed by atoms with E-state index in [1.807, 2.05) is 60.6 Å². The molecule has 12 nitrogen and oxygen atoms in total. The molecule has 332 valence electrons. The van der Waals surface area contributed by atoms with Crippen molar-refractivity contribution in [3.05, 3.63) is 12.2 Å². The minimum Gasteiger partial charge on any atom is -0.481 e. The predicted octanol–water partition coefficient (Wildman–Crippen LogP) is 7.12. The third-order valence-electron chi connectivity index (χ3n) is 15.0. The Morgan fingerprint density at radius 1 is 0.897 bits per heavy atom. The fraction of sp³-hybridized carbons (Fsp3) is 0.886. The summed E-state index contributed by atoms with van der Waals surface area (Å²) in [5, 5.41) is 35.7. The molecule has 4 N–H and O–H groups in total. The Balaban J connectivity index is 1.38. The van der Waals surface area contributed by atoms with Crippen molar-refractivity contribution < 1.29 is 53.4 Å². The highest BCUT2D eigenvalue weighted by atomic mass is 35.5. The van der Waals surface area contributed by atoms with Gasteiger partial charge in [0.2, 0.25) is 0 Å². The van der Waals surface area contributed by atoms with Gasteiger partial charge < -0.3 is 44.3 Å². The number of hydrogen-bond acceptors (Lipinski definition) is 10. The molecule has 0 aromatic rings. The lowest BCUT2D eigenvalue weighted by atomic mass is 9.72. The highest BCUT2D eigenvalue weighted by molar-refractivity contribution is 6.53. The first-order chi connectivity index (χ1) is 27.1. The highest BCUT2D eigenvalue weighted by Gasteiger charge is 2.63. The summed E-state index contributed by atoms with van der Waals surface area (Å²) in [6.07, 6.45) is 6.06. The maximum atomic E-state index is 14.6. The van der Waals surface area contributed by atoms with E-state index in [-0.39, 0.29) is 29.6 Å². The molecule has 0 bridgehead atoms. The van der Waals surface area contributed by atoms with Crippen molar-refractivity contribution in [3.8, 4) is 0 Å². The average molecular weight is 861 g/mol. The molecule has 1 amide bonds. The van der Waals surface area contributed by atoms with Crippen LogP contribution in [0.15, 0.2) is 12.2 Å². The minimum absolute atomic E-state index is 0.0384. The zero-order valence-corrected chi connectivity index (χ0v) is 37.8. The topological polar surface area (TPSA) is 170 Å². The Kier molecular flexibility index (Phi) is 15.3. The van der Waals surface area contributed by atoms with E-state index in [1.165, 1.54) is 0 Å². The summed E-state index contributed by atoms with van der Waals surface area (Å²) >= 11 is 12.0. The molecule has 0 aromatic carbocycles. The number of amides is 1. The molecular weight excluding hydrogens is 789 g/mol. The van der Waals surface area contributed by atoms with Crippen LogP contribution in [0, 0.1) is 41.4 Å². The summed E-state index contributed by atoms with van der Waals surface area (Å²) in [6, 6.07) is -0.776. The lowest BCUT2D eigenvalue weighted by molar-refractivity contribution is -0.398. The largest absolute Gasteiger partial charge is 0.481 e. The van der Waals surface area contributed by atoms with E-state index in [1.54, 1.807) is 6.92 Å². The summed E-state index contributed by atoms with van der Waals surface area (Å²) in [7, 11) is 0. The number of halogens is 2. The highest BCUT2D eigenvalue weighted by Crippen LogP contribution is 2.54. The van der Waals surface area contributed by atoms with E-state index in [2.05, 4.69) is 19.2 Å². The van der Waals surface area contributed by atoms with Gasteiger partial charge >= 0.3 is 5.97 Å². The van der Waals surface area contributed by atoms with Crippen LogP contribution in [0.4, 0.5) is 0 Å². The second kappa shape index (κ2) is 18.6. The zero-order valence-electron chi connectivity index (χ0n) is 36.2. The van der Waals surface area contributed by atoms with Crippen molar-refractivity contribution in [1.82, 2.24) is 5.32 Å². The van der Waals surface area contributed by atoms with Crippen LogP contribution >= 0.6 is 23.2 Å². The van der Waals surface area contributed by atoms with Gasteiger partial charge in [-0.2, -0.15) is 0 Å². The molecule has 58 heavy (non-hydrogen) atoms. The number of aliphatic carboxylic acids is 1. The van der Waals surface area contributed by atoms with Gasteiger partial charge in [0.05, 0.1) is 53.7 Å². The molecule has 4 saturated heterocycles. The molecule has 0 aliphatic carbocycles. The number of Topliss-reactive ketones (excluding diaryl/α,β-unsaturated/α-hetero) is 1. The second-order valence-corrected chi connectivity index (χ2v) is 19.9. The number of aliphatic hydroxyl groups is 2. The lowest BCUT2D eigenvalue weighted by Crippen LogP contribution is -2.66. The first-order valence-corrected chi connectivity index (χ1v) is 22.8. The monoisotopic (exact) mass is 859 g/mol. The molecule has 0 unspecified atom stereocenters. The summed E-state index contributed by atoms with van der Waals surface area (Å²) in [4.78, 5) is 38.2. The quantitative estimate of drug-likeness (QED) is 0.104. The number of nitrogens with one attached hydrogen (secondary N) is 1. The van der Waals surface area contributed by atoms with Crippen molar-refractivity contribution in [2.75, 3.05) is 0 Å². The van der Waals surface area contributed by atoms with Crippen LogP contribution in [0.25, 0.3) is 0 Å². The van der Waals surface area contributed by atoms with Crippen LogP contribution < -0.4 is 5.32 Å². The predicted molar refractivity (Wildman–Crippen MR) is 220 cm³/mol. The SMILES string of the molecule is CC[C@@H](C(=O)[C@@H](C)[C@@H](O)[C@H](C)[C@@H]1O[C@@H]([C@@H](CC)C(=O)O)CC[C@@H]1C)[C@H]1O[C@]2(C=C[C@@H](NC(=O)C(Cl)Cl)[C@]3(CC[C@@](C)([C@H]4CC[C@](O)(CC)[C@H](C)O4)O3)O2)[C@H](C)C[C@@H]1C.